The van der Waals surface area contributed by atoms with Gasteiger partial charge in [0.1, 0.15) is 11.5 Å². The van der Waals surface area contributed by atoms with Crippen LogP contribution in [0.25, 0.3) is 11.1 Å². The van der Waals surface area contributed by atoms with E-state index < -0.39 is 0 Å². The van der Waals surface area contributed by atoms with Gasteiger partial charge < -0.3 is 20.7 Å². The number of hydrogen-bond donors (Lipinski definition) is 3. The Labute approximate surface area is 112 Å². The number of phenolic OH excluding ortho intramolecular Hbond substituents is 2. The van der Waals surface area contributed by atoms with E-state index in [-0.39, 0.29) is 11.5 Å². The maximum absolute atomic E-state index is 9.90. The fourth-order valence-corrected chi connectivity index (χ4v) is 2.03. The summed E-state index contributed by atoms with van der Waals surface area (Å²) in [6.07, 6.45) is 0.717. The zero-order valence-corrected chi connectivity index (χ0v) is 10.8. The molecule has 0 aromatic heterocycles. The summed E-state index contributed by atoms with van der Waals surface area (Å²) in [5.74, 6) is 0.0333. The van der Waals surface area contributed by atoms with E-state index in [1.807, 2.05) is 18.2 Å². The molecule has 0 bridgehead atoms. The van der Waals surface area contributed by atoms with Crippen molar-refractivity contribution in [1.29, 1.82) is 0 Å². The van der Waals surface area contributed by atoms with Crippen LogP contribution in [0.15, 0.2) is 36.4 Å². The number of nitrogens with two attached hydrogens (primary N) is 1. The summed E-state index contributed by atoms with van der Waals surface area (Å²) in [4.78, 5) is 0. The fourth-order valence-electron chi connectivity index (χ4n) is 2.03. The van der Waals surface area contributed by atoms with E-state index in [1.165, 1.54) is 12.1 Å². The Morgan fingerprint density at radius 2 is 1.89 bits per heavy atom. The lowest BCUT2D eigenvalue weighted by molar-refractivity contribution is 0.202. The third-order valence-corrected chi connectivity index (χ3v) is 3.04. The minimum atomic E-state index is 0.00981. The lowest BCUT2D eigenvalue weighted by Gasteiger charge is -2.12. The Morgan fingerprint density at radius 1 is 1.11 bits per heavy atom. The first-order chi connectivity index (χ1) is 9.13. The average molecular weight is 259 g/mol. The van der Waals surface area contributed by atoms with Crippen LogP contribution in [0.4, 0.5) is 5.69 Å². The van der Waals surface area contributed by atoms with Gasteiger partial charge in [-0.05, 0) is 24.1 Å². The van der Waals surface area contributed by atoms with Crippen LogP contribution in [0, 0.1) is 0 Å². The lowest BCUT2D eigenvalue weighted by atomic mass is 9.98. The van der Waals surface area contributed by atoms with Crippen LogP contribution in [0.1, 0.15) is 5.56 Å². The van der Waals surface area contributed by atoms with Crippen LogP contribution in [0.3, 0.4) is 0 Å². The van der Waals surface area contributed by atoms with Gasteiger partial charge in [0.25, 0.3) is 0 Å². The zero-order valence-electron chi connectivity index (χ0n) is 10.8. The topological polar surface area (TPSA) is 75.7 Å². The Balaban J connectivity index is 2.44. The van der Waals surface area contributed by atoms with Gasteiger partial charge >= 0.3 is 0 Å². The molecule has 0 aliphatic carbocycles. The molecule has 0 heterocycles. The van der Waals surface area contributed by atoms with Crippen LogP contribution in [-0.2, 0) is 11.2 Å². The zero-order chi connectivity index (χ0) is 13.8. The molecule has 0 aliphatic heterocycles. The maximum atomic E-state index is 9.90. The third-order valence-electron chi connectivity index (χ3n) is 3.04. The normalized spacial score (nSPS) is 10.6. The van der Waals surface area contributed by atoms with Gasteiger partial charge in [0, 0.05) is 30.0 Å². The van der Waals surface area contributed by atoms with Crippen LogP contribution in [-0.4, -0.2) is 23.9 Å². The summed E-state index contributed by atoms with van der Waals surface area (Å²) >= 11 is 0. The Morgan fingerprint density at radius 3 is 2.58 bits per heavy atom. The Kier molecular flexibility index (Phi) is 3.92. The van der Waals surface area contributed by atoms with E-state index in [0.29, 0.717) is 17.9 Å². The molecule has 2 rings (SSSR count). The number of methoxy groups -OCH3 is 1. The molecule has 2 aromatic rings. The number of benzene rings is 2. The molecule has 2 aromatic carbocycles. The van der Waals surface area contributed by atoms with Crippen molar-refractivity contribution in [2.24, 2.45) is 0 Å². The van der Waals surface area contributed by atoms with Crippen molar-refractivity contribution in [2.45, 2.75) is 6.42 Å². The molecule has 0 spiro atoms. The SMILES string of the molecule is COCCc1cccc(-c2ccc(O)cc2O)c1N. The predicted octanol–water partition coefficient (Wildman–Crippen LogP) is 2.54. The van der Waals surface area contributed by atoms with Gasteiger partial charge in [0.15, 0.2) is 0 Å². The molecule has 0 saturated carbocycles. The molecule has 0 amide bonds. The minimum absolute atomic E-state index is 0.00981. The fraction of sp³-hybridized carbons (Fsp3) is 0.200. The summed E-state index contributed by atoms with van der Waals surface area (Å²) < 4.78 is 5.05. The standard InChI is InChI=1S/C15H17NO3/c1-19-8-7-10-3-2-4-13(15(10)16)12-6-5-11(17)9-14(12)18/h2-6,9,17-18H,7-8,16H2,1H3. The molecule has 0 radical (unpaired) electrons. The summed E-state index contributed by atoms with van der Waals surface area (Å²) in [5, 5.41) is 19.2. The first-order valence-corrected chi connectivity index (χ1v) is 6.02. The molecule has 4 nitrogen and oxygen atoms in total. The molecule has 0 atom stereocenters. The Hall–Kier alpha value is -2.20. The molecule has 4 heteroatoms. The van der Waals surface area contributed by atoms with E-state index in [1.54, 1.807) is 13.2 Å². The number of anilines is 1. The van der Waals surface area contributed by atoms with E-state index in [9.17, 15) is 10.2 Å². The van der Waals surface area contributed by atoms with Crippen molar-refractivity contribution < 1.29 is 14.9 Å². The van der Waals surface area contributed by atoms with Crippen LogP contribution in [0.5, 0.6) is 11.5 Å². The van der Waals surface area contributed by atoms with Crippen molar-refractivity contribution in [1.82, 2.24) is 0 Å². The summed E-state index contributed by atoms with van der Waals surface area (Å²) in [5.41, 5.74) is 9.10. The number of para-hydroxylation sites is 1. The summed E-state index contributed by atoms with van der Waals surface area (Å²) in [7, 11) is 1.64. The molecule has 19 heavy (non-hydrogen) atoms. The van der Waals surface area contributed by atoms with Gasteiger partial charge in [-0.15, -0.1) is 0 Å². The maximum Gasteiger partial charge on any atom is 0.127 e. The van der Waals surface area contributed by atoms with Crippen molar-refractivity contribution >= 4 is 5.69 Å². The first-order valence-electron chi connectivity index (χ1n) is 6.02. The van der Waals surface area contributed by atoms with Gasteiger partial charge in [-0.1, -0.05) is 18.2 Å². The monoisotopic (exact) mass is 259 g/mol. The number of nitrogen functional groups attached to an aromatic ring is 1. The number of hydrogen-bond acceptors (Lipinski definition) is 4. The first kappa shape index (κ1) is 13.2. The third kappa shape index (κ3) is 2.80. The van der Waals surface area contributed by atoms with Crippen molar-refractivity contribution in [2.75, 3.05) is 19.5 Å². The Bertz CT molecular complexity index is 582. The largest absolute Gasteiger partial charge is 0.508 e. The van der Waals surface area contributed by atoms with Crippen LogP contribution in [0.2, 0.25) is 0 Å². The molecule has 100 valence electrons. The van der Waals surface area contributed by atoms with E-state index >= 15 is 0 Å². The lowest BCUT2D eigenvalue weighted by Crippen LogP contribution is -2.01. The highest BCUT2D eigenvalue weighted by Gasteiger charge is 2.11. The second-order valence-electron chi connectivity index (χ2n) is 4.32. The van der Waals surface area contributed by atoms with E-state index in [2.05, 4.69) is 0 Å². The van der Waals surface area contributed by atoms with E-state index in [0.717, 1.165) is 17.5 Å². The van der Waals surface area contributed by atoms with Gasteiger partial charge in [-0.25, -0.2) is 0 Å². The molecule has 0 aliphatic rings. The quantitative estimate of drug-likeness (QED) is 0.737. The summed E-state index contributed by atoms with van der Waals surface area (Å²) in [6, 6.07) is 10.2. The van der Waals surface area contributed by atoms with Crippen molar-refractivity contribution in [3.05, 3.63) is 42.0 Å². The molecular formula is C15H17NO3. The number of phenols is 2. The van der Waals surface area contributed by atoms with Gasteiger partial charge in [-0.3, -0.25) is 0 Å². The number of rotatable bonds is 4. The van der Waals surface area contributed by atoms with Gasteiger partial charge in [0.2, 0.25) is 0 Å². The number of aromatic hydroxyl groups is 2. The second kappa shape index (κ2) is 5.63. The molecular weight excluding hydrogens is 242 g/mol. The number of ether oxygens (including phenoxy) is 1. The van der Waals surface area contributed by atoms with Gasteiger partial charge in [0.05, 0.1) is 6.61 Å². The second-order valence-corrected chi connectivity index (χ2v) is 4.32. The molecule has 0 unspecified atom stereocenters. The summed E-state index contributed by atoms with van der Waals surface area (Å²) in [6.45, 7) is 0.592. The smallest absolute Gasteiger partial charge is 0.127 e. The average Bonchev–Trinajstić information content (AvgIpc) is 2.38. The molecule has 0 saturated heterocycles. The predicted molar refractivity (Wildman–Crippen MR) is 75.2 cm³/mol. The van der Waals surface area contributed by atoms with Crippen LogP contribution < -0.4 is 5.73 Å². The van der Waals surface area contributed by atoms with Crippen LogP contribution >= 0.6 is 0 Å². The van der Waals surface area contributed by atoms with Crippen molar-refractivity contribution in [3.8, 4) is 22.6 Å². The van der Waals surface area contributed by atoms with E-state index in [4.69, 9.17) is 10.5 Å². The highest BCUT2D eigenvalue weighted by Crippen LogP contribution is 2.36. The minimum Gasteiger partial charge on any atom is -0.508 e. The molecule has 0 fully saturated rings. The molecule has 4 N–H and O–H groups in total. The highest BCUT2D eigenvalue weighted by molar-refractivity contribution is 5.82. The van der Waals surface area contributed by atoms with Gasteiger partial charge in [-0.2, -0.15) is 0 Å². The van der Waals surface area contributed by atoms with Crippen molar-refractivity contribution in [3.63, 3.8) is 0 Å². The highest BCUT2D eigenvalue weighted by atomic mass is 16.5.